The molecule has 0 spiro atoms. The number of hydrogen-bond donors (Lipinski definition) is 5. The molecule has 36 heavy (non-hydrogen) atoms. The van der Waals surface area contributed by atoms with Crippen molar-refractivity contribution in [3.8, 4) is 0 Å². The van der Waals surface area contributed by atoms with Gasteiger partial charge in [-0.3, -0.25) is 14.4 Å². The van der Waals surface area contributed by atoms with Gasteiger partial charge in [0.25, 0.3) is 0 Å². The first-order valence-corrected chi connectivity index (χ1v) is 13.0. The van der Waals surface area contributed by atoms with Crippen molar-refractivity contribution < 1.29 is 24.3 Å². The Hall–Kier alpha value is -2.94. The van der Waals surface area contributed by atoms with Crippen molar-refractivity contribution in [2.24, 2.45) is 11.7 Å². The minimum Gasteiger partial charge on any atom is -0.480 e. The quantitative estimate of drug-likeness (QED) is 0.220. The number of carbonyl (C=O) groups is 4. The van der Waals surface area contributed by atoms with Crippen molar-refractivity contribution in [3.63, 3.8) is 0 Å². The Balaban J connectivity index is 3.07. The molecule has 0 aromatic heterocycles. The Morgan fingerprint density at radius 3 is 1.89 bits per heavy atom. The minimum absolute atomic E-state index is 0.0970. The summed E-state index contributed by atoms with van der Waals surface area (Å²) >= 11 is 0. The third-order valence-corrected chi connectivity index (χ3v) is 5.92. The second-order valence-corrected chi connectivity index (χ2v) is 9.73. The molecule has 0 fully saturated rings. The van der Waals surface area contributed by atoms with Crippen molar-refractivity contribution in [2.45, 2.75) is 103 Å². The van der Waals surface area contributed by atoms with Gasteiger partial charge in [0.2, 0.25) is 17.7 Å². The largest absolute Gasteiger partial charge is 0.480 e. The molecule has 0 radical (unpaired) electrons. The van der Waals surface area contributed by atoms with Crippen LogP contribution in [0, 0.1) is 5.92 Å². The molecule has 4 atom stereocenters. The van der Waals surface area contributed by atoms with E-state index in [9.17, 15) is 24.3 Å². The zero-order valence-electron chi connectivity index (χ0n) is 22.1. The highest BCUT2D eigenvalue weighted by atomic mass is 16.4. The van der Waals surface area contributed by atoms with E-state index in [1.54, 1.807) is 0 Å². The summed E-state index contributed by atoms with van der Waals surface area (Å²) in [4.78, 5) is 50.7. The molecule has 0 heterocycles. The highest BCUT2D eigenvalue weighted by Gasteiger charge is 2.30. The van der Waals surface area contributed by atoms with Gasteiger partial charge >= 0.3 is 5.97 Å². The smallest absolute Gasteiger partial charge is 0.326 e. The van der Waals surface area contributed by atoms with Crippen LogP contribution in [0.5, 0.6) is 0 Å². The summed E-state index contributed by atoms with van der Waals surface area (Å²) in [5.74, 6) is -2.51. The third kappa shape index (κ3) is 11.7. The van der Waals surface area contributed by atoms with E-state index in [-0.39, 0.29) is 12.3 Å². The first kappa shape index (κ1) is 31.1. The molecule has 0 aliphatic carbocycles. The van der Waals surface area contributed by atoms with Crippen LogP contribution in [0.1, 0.15) is 78.2 Å². The SMILES string of the molecule is CCCC[C@H](NC(=O)[C@H](Cc1ccccc1)NC(=O)[C@H](CC(C)C)NC(=O)[C@@H](N)CCCC)C(=O)O. The van der Waals surface area contributed by atoms with E-state index in [1.165, 1.54) is 0 Å². The summed E-state index contributed by atoms with van der Waals surface area (Å²) in [5.41, 5.74) is 6.80. The zero-order valence-corrected chi connectivity index (χ0v) is 22.1. The number of unbranched alkanes of at least 4 members (excludes halogenated alkanes) is 2. The number of amides is 3. The van der Waals surface area contributed by atoms with Crippen molar-refractivity contribution in [1.29, 1.82) is 0 Å². The summed E-state index contributed by atoms with van der Waals surface area (Å²) in [6.07, 6.45) is 4.51. The molecule has 0 unspecified atom stereocenters. The standard InChI is InChI=1S/C27H44N4O5/c1-5-7-14-20(28)24(32)30-22(16-18(3)4)25(33)31-23(17-19-12-10-9-11-13-19)26(34)29-21(27(35)36)15-8-6-2/h9-13,18,20-23H,5-8,14-17,28H2,1-4H3,(H,29,34)(H,30,32)(H,31,33)(H,35,36)/t20-,21-,22-,23-/m0/s1. The number of carboxylic acids is 1. The summed E-state index contributed by atoms with van der Waals surface area (Å²) in [6.45, 7) is 7.82. The lowest BCUT2D eigenvalue weighted by Gasteiger charge is -2.26. The third-order valence-electron chi connectivity index (χ3n) is 5.92. The van der Waals surface area contributed by atoms with E-state index in [1.807, 2.05) is 58.0 Å². The van der Waals surface area contributed by atoms with Gasteiger partial charge < -0.3 is 26.8 Å². The zero-order chi connectivity index (χ0) is 27.1. The van der Waals surface area contributed by atoms with Crippen LogP contribution in [0.25, 0.3) is 0 Å². The monoisotopic (exact) mass is 504 g/mol. The second-order valence-electron chi connectivity index (χ2n) is 9.73. The summed E-state index contributed by atoms with van der Waals surface area (Å²) in [5, 5.41) is 17.6. The molecule has 0 saturated carbocycles. The Morgan fingerprint density at radius 1 is 0.806 bits per heavy atom. The maximum atomic E-state index is 13.3. The van der Waals surface area contributed by atoms with Crippen LogP contribution in [-0.4, -0.2) is 53.0 Å². The van der Waals surface area contributed by atoms with Gasteiger partial charge in [0, 0.05) is 6.42 Å². The first-order valence-electron chi connectivity index (χ1n) is 13.0. The molecule has 0 saturated heterocycles. The number of rotatable bonds is 17. The molecule has 0 aliphatic rings. The lowest BCUT2D eigenvalue weighted by molar-refractivity contribution is -0.142. The van der Waals surface area contributed by atoms with Gasteiger partial charge in [-0.2, -0.15) is 0 Å². The molecule has 6 N–H and O–H groups in total. The number of carboxylic acid groups (broad SMARTS) is 1. The fourth-order valence-electron chi connectivity index (χ4n) is 3.81. The topological polar surface area (TPSA) is 151 Å². The Bertz CT molecular complexity index is 831. The van der Waals surface area contributed by atoms with E-state index in [4.69, 9.17) is 5.73 Å². The van der Waals surface area contributed by atoms with Gasteiger partial charge in [-0.15, -0.1) is 0 Å². The van der Waals surface area contributed by atoms with Crippen LogP contribution < -0.4 is 21.7 Å². The highest BCUT2D eigenvalue weighted by molar-refractivity contribution is 5.94. The number of carbonyl (C=O) groups excluding carboxylic acids is 3. The first-order chi connectivity index (χ1) is 17.1. The Labute approximate surface area is 215 Å². The van der Waals surface area contributed by atoms with Crippen LogP contribution >= 0.6 is 0 Å². The van der Waals surface area contributed by atoms with Gasteiger partial charge in [-0.05, 0) is 30.7 Å². The lowest BCUT2D eigenvalue weighted by Crippen LogP contribution is -2.57. The molecule has 0 aliphatic heterocycles. The molecule has 202 valence electrons. The average Bonchev–Trinajstić information content (AvgIpc) is 2.84. The van der Waals surface area contributed by atoms with Crippen LogP contribution in [-0.2, 0) is 25.6 Å². The average molecular weight is 505 g/mol. The van der Waals surface area contributed by atoms with Crippen LogP contribution in [0.15, 0.2) is 30.3 Å². The molecule has 1 aromatic rings. The molecule has 1 aromatic carbocycles. The van der Waals surface area contributed by atoms with Gasteiger partial charge in [0.1, 0.15) is 18.1 Å². The normalized spacial score (nSPS) is 14.4. The van der Waals surface area contributed by atoms with Crippen LogP contribution in [0.4, 0.5) is 0 Å². The molecule has 9 nitrogen and oxygen atoms in total. The lowest BCUT2D eigenvalue weighted by atomic mass is 10.00. The van der Waals surface area contributed by atoms with Crippen molar-refractivity contribution in [2.75, 3.05) is 0 Å². The van der Waals surface area contributed by atoms with E-state index < -0.39 is 47.9 Å². The van der Waals surface area contributed by atoms with Gasteiger partial charge in [0.05, 0.1) is 6.04 Å². The fraction of sp³-hybridized carbons (Fsp3) is 0.630. The number of aliphatic carboxylic acids is 1. The summed E-state index contributed by atoms with van der Waals surface area (Å²) in [6, 6.07) is 5.52. The summed E-state index contributed by atoms with van der Waals surface area (Å²) in [7, 11) is 0. The molecule has 1 rings (SSSR count). The second kappa shape index (κ2) is 16.7. The maximum Gasteiger partial charge on any atom is 0.326 e. The minimum atomic E-state index is -1.12. The highest BCUT2D eigenvalue weighted by Crippen LogP contribution is 2.10. The predicted molar refractivity (Wildman–Crippen MR) is 140 cm³/mol. The fourth-order valence-corrected chi connectivity index (χ4v) is 3.81. The Morgan fingerprint density at radius 2 is 1.33 bits per heavy atom. The van der Waals surface area contributed by atoms with Gasteiger partial charge in [0.15, 0.2) is 0 Å². The number of nitrogens with two attached hydrogens (primary N) is 1. The molecular formula is C27H44N4O5. The molecule has 3 amide bonds. The van der Waals surface area contributed by atoms with Crippen molar-refractivity contribution in [3.05, 3.63) is 35.9 Å². The van der Waals surface area contributed by atoms with Crippen LogP contribution in [0.3, 0.4) is 0 Å². The summed E-state index contributed by atoms with van der Waals surface area (Å²) < 4.78 is 0. The number of hydrogen-bond acceptors (Lipinski definition) is 5. The van der Waals surface area contributed by atoms with Gasteiger partial charge in [-0.25, -0.2) is 4.79 Å². The molecule has 9 heteroatoms. The van der Waals surface area contributed by atoms with E-state index in [0.29, 0.717) is 25.7 Å². The maximum absolute atomic E-state index is 13.3. The van der Waals surface area contributed by atoms with E-state index in [2.05, 4.69) is 16.0 Å². The number of benzene rings is 1. The predicted octanol–water partition coefficient (Wildman–Crippen LogP) is 2.52. The molecule has 0 bridgehead atoms. The van der Waals surface area contributed by atoms with Crippen molar-refractivity contribution >= 4 is 23.7 Å². The van der Waals surface area contributed by atoms with Crippen LogP contribution in [0.2, 0.25) is 0 Å². The Kier molecular flexibility index (Phi) is 14.4. The van der Waals surface area contributed by atoms with E-state index >= 15 is 0 Å². The number of nitrogens with one attached hydrogen (secondary N) is 3. The van der Waals surface area contributed by atoms with E-state index in [0.717, 1.165) is 24.8 Å². The molecular weight excluding hydrogens is 460 g/mol. The van der Waals surface area contributed by atoms with Crippen molar-refractivity contribution in [1.82, 2.24) is 16.0 Å². The van der Waals surface area contributed by atoms with Gasteiger partial charge in [-0.1, -0.05) is 83.7 Å².